The molecule has 0 amide bonds. The average molecular weight is 203 g/mol. The summed E-state index contributed by atoms with van der Waals surface area (Å²) in [6.45, 7) is 3.70. The molecular weight excluding hydrogens is 192 g/mol. The monoisotopic (exact) mass is 202 g/mol. The molecule has 0 saturated heterocycles. The molecule has 0 radical (unpaired) electrons. The molecule has 0 aliphatic rings. The Kier molecular flexibility index (Phi) is 3.32. The SMILES string of the molecule is C/C(=C/C(C)O)c1csc(Cl)c1. The first-order valence-electron chi connectivity index (χ1n) is 3.70. The lowest BCUT2D eigenvalue weighted by Gasteiger charge is -1.99. The summed E-state index contributed by atoms with van der Waals surface area (Å²) in [5.41, 5.74) is 2.15. The summed E-state index contributed by atoms with van der Waals surface area (Å²) in [7, 11) is 0. The van der Waals surface area contributed by atoms with Crippen LogP contribution in [0.4, 0.5) is 0 Å². The number of aliphatic hydroxyl groups excluding tert-OH is 1. The third-order valence-corrected chi connectivity index (χ3v) is 2.61. The van der Waals surface area contributed by atoms with Crippen molar-refractivity contribution in [2.45, 2.75) is 20.0 Å². The van der Waals surface area contributed by atoms with E-state index in [1.165, 1.54) is 11.3 Å². The Morgan fingerprint density at radius 1 is 1.75 bits per heavy atom. The molecule has 0 saturated carbocycles. The average Bonchev–Trinajstić information content (AvgIpc) is 2.34. The number of hydrogen-bond donors (Lipinski definition) is 1. The van der Waals surface area contributed by atoms with Crippen LogP contribution in [0.5, 0.6) is 0 Å². The van der Waals surface area contributed by atoms with Crippen molar-refractivity contribution in [3.63, 3.8) is 0 Å². The second-order valence-corrected chi connectivity index (χ2v) is 4.27. The minimum Gasteiger partial charge on any atom is -0.389 e. The molecule has 0 fully saturated rings. The zero-order chi connectivity index (χ0) is 9.14. The van der Waals surface area contributed by atoms with Gasteiger partial charge in [0.25, 0.3) is 0 Å². The van der Waals surface area contributed by atoms with Crippen LogP contribution in [-0.4, -0.2) is 11.2 Å². The largest absolute Gasteiger partial charge is 0.389 e. The van der Waals surface area contributed by atoms with Gasteiger partial charge >= 0.3 is 0 Å². The van der Waals surface area contributed by atoms with E-state index in [4.69, 9.17) is 16.7 Å². The summed E-state index contributed by atoms with van der Waals surface area (Å²) < 4.78 is 0.781. The van der Waals surface area contributed by atoms with Gasteiger partial charge in [-0.15, -0.1) is 11.3 Å². The van der Waals surface area contributed by atoms with E-state index in [0.29, 0.717) is 0 Å². The highest BCUT2D eigenvalue weighted by Crippen LogP contribution is 2.25. The first-order valence-corrected chi connectivity index (χ1v) is 4.96. The molecule has 0 bridgehead atoms. The predicted octanol–water partition coefficient (Wildman–Crippen LogP) is 3.19. The Morgan fingerprint density at radius 3 is 2.83 bits per heavy atom. The van der Waals surface area contributed by atoms with Gasteiger partial charge in [-0.1, -0.05) is 17.7 Å². The molecule has 1 heterocycles. The molecule has 1 nitrogen and oxygen atoms in total. The van der Waals surface area contributed by atoms with Crippen molar-refractivity contribution in [3.05, 3.63) is 27.4 Å². The first-order chi connectivity index (χ1) is 5.59. The van der Waals surface area contributed by atoms with E-state index < -0.39 is 6.10 Å². The Labute approximate surface area is 81.3 Å². The molecular formula is C9H11ClOS. The quantitative estimate of drug-likeness (QED) is 0.781. The van der Waals surface area contributed by atoms with E-state index in [-0.39, 0.29) is 0 Å². The van der Waals surface area contributed by atoms with Crippen LogP contribution in [0.15, 0.2) is 17.5 Å². The number of allylic oxidation sites excluding steroid dienone is 1. The third kappa shape index (κ3) is 2.63. The maximum absolute atomic E-state index is 9.08. The van der Waals surface area contributed by atoms with Crippen LogP contribution in [0, 0.1) is 0 Å². The summed E-state index contributed by atoms with van der Waals surface area (Å²) in [5, 5.41) is 11.1. The zero-order valence-electron chi connectivity index (χ0n) is 7.04. The van der Waals surface area contributed by atoms with Gasteiger partial charge in [0, 0.05) is 0 Å². The van der Waals surface area contributed by atoms with Gasteiger partial charge in [0.2, 0.25) is 0 Å². The molecule has 1 aromatic heterocycles. The highest BCUT2D eigenvalue weighted by molar-refractivity contribution is 7.14. The van der Waals surface area contributed by atoms with Gasteiger partial charge in [-0.3, -0.25) is 0 Å². The number of hydrogen-bond acceptors (Lipinski definition) is 2. The van der Waals surface area contributed by atoms with Crippen molar-refractivity contribution < 1.29 is 5.11 Å². The van der Waals surface area contributed by atoms with Crippen molar-refractivity contribution >= 4 is 28.5 Å². The van der Waals surface area contributed by atoms with E-state index in [2.05, 4.69) is 0 Å². The van der Waals surface area contributed by atoms with Gasteiger partial charge in [0.05, 0.1) is 10.4 Å². The fraction of sp³-hybridized carbons (Fsp3) is 0.333. The lowest BCUT2D eigenvalue weighted by atomic mass is 10.1. The van der Waals surface area contributed by atoms with E-state index in [1.807, 2.05) is 18.4 Å². The number of thiophene rings is 1. The molecule has 1 atom stereocenters. The van der Waals surface area contributed by atoms with Gasteiger partial charge in [-0.25, -0.2) is 0 Å². The molecule has 1 N–H and O–H groups in total. The standard InChI is InChI=1S/C9H11ClOS/c1-6(3-7(2)11)8-4-9(10)12-5-8/h3-5,7,11H,1-2H3/b6-3-. The van der Waals surface area contributed by atoms with Crippen LogP contribution >= 0.6 is 22.9 Å². The highest BCUT2D eigenvalue weighted by atomic mass is 35.5. The third-order valence-electron chi connectivity index (χ3n) is 1.51. The van der Waals surface area contributed by atoms with E-state index in [1.54, 1.807) is 13.0 Å². The van der Waals surface area contributed by atoms with Gasteiger partial charge in [-0.05, 0) is 36.4 Å². The first kappa shape index (κ1) is 9.78. The molecule has 1 unspecified atom stereocenters. The maximum atomic E-state index is 9.08. The summed E-state index contributed by atoms with van der Waals surface area (Å²) in [6.07, 6.45) is 1.40. The molecule has 12 heavy (non-hydrogen) atoms. The Bertz CT molecular complexity index is 288. The maximum Gasteiger partial charge on any atom is 0.0934 e. The van der Waals surface area contributed by atoms with Crippen molar-refractivity contribution in [1.29, 1.82) is 0 Å². The fourth-order valence-corrected chi connectivity index (χ4v) is 1.91. The van der Waals surface area contributed by atoms with Crippen LogP contribution in [-0.2, 0) is 0 Å². The van der Waals surface area contributed by atoms with Crippen molar-refractivity contribution in [2.24, 2.45) is 0 Å². The minimum atomic E-state index is -0.399. The van der Waals surface area contributed by atoms with Gasteiger partial charge < -0.3 is 5.11 Å². The van der Waals surface area contributed by atoms with Crippen molar-refractivity contribution in [3.8, 4) is 0 Å². The second-order valence-electron chi connectivity index (χ2n) is 2.73. The molecule has 0 aliphatic carbocycles. The Hall–Kier alpha value is -0.310. The van der Waals surface area contributed by atoms with Crippen LogP contribution in [0.2, 0.25) is 4.34 Å². The van der Waals surface area contributed by atoms with Crippen LogP contribution in [0.3, 0.4) is 0 Å². The number of halogens is 1. The van der Waals surface area contributed by atoms with Crippen LogP contribution < -0.4 is 0 Å². The molecule has 1 aromatic rings. The summed E-state index contributed by atoms with van der Waals surface area (Å²) in [6, 6.07) is 1.90. The normalized spacial score (nSPS) is 14.8. The lowest BCUT2D eigenvalue weighted by molar-refractivity contribution is 0.244. The summed E-state index contributed by atoms with van der Waals surface area (Å²) in [5.74, 6) is 0. The van der Waals surface area contributed by atoms with Crippen molar-refractivity contribution in [2.75, 3.05) is 0 Å². The minimum absolute atomic E-state index is 0.399. The van der Waals surface area contributed by atoms with E-state index in [9.17, 15) is 0 Å². The summed E-state index contributed by atoms with van der Waals surface area (Å²) >= 11 is 7.27. The highest BCUT2D eigenvalue weighted by Gasteiger charge is 2.00. The van der Waals surface area contributed by atoms with E-state index in [0.717, 1.165) is 15.5 Å². The molecule has 0 aromatic carbocycles. The van der Waals surface area contributed by atoms with Gasteiger partial charge in [0.1, 0.15) is 0 Å². The predicted molar refractivity (Wildman–Crippen MR) is 54.7 cm³/mol. The van der Waals surface area contributed by atoms with E-state index >= 15 is 0 Å². The topological polar surface area (TPSA) is 20.2 Å². The number of aliphatic hydroxyl groups is 1. The molecule has 0 spiro atoms. The molecule has 3 heteroatoms. The van der Waals surface area contributed by atoms with Crippen LogP contribution in [0.25, 0.3) is 5.57 Å². The Morgan fingerprint density at radius 2 is 2.42 bits per heavy atom. The zero-order valence-corrected chi connectivity index (χ0v) is 8.62. The van der Waals surface area contributed by atoms with Crippen LogP contribution in [0.1, 0.15) is 19.4 Å². The molecule has 1 rings (SSSR count). The molecule has 66 valence electrons. The fourth-order valence-electron chi connectivity index (χ4n) is 0.975. The summed E-state index contributed by atoms with van der Waals surface area (Å²) in [4.78, 5) is 0. The lowest BCUT2D eigenvalue weighted by Crippen LogP contribution is -1.93. The second kappa shape index (κ2) is 4.08. The smallest absolute Gasteiger partial charge is 0.0934 e. The Balaban J connectivity index is 2.84. The number of rotatable bonds is 2. The van der Waals surface area contributed by atoms with Crippen molar-refractivity contribution in [1.82, 2.24) is 0 Å². The van der Waals surface area contributed by atoms with Gasteiger partial charge in [0.15, 0.2) is 0 Å². The van der Waals surface area contributed by atoms with Gasteiger partial charge in [-0.2, -0.15) is 0 Å². The molecule has 0 aliphatic heterocycles.